The van der Waals surface area contributed by atoms with E-state index in [0.29, 0.717) is 0 Å². The van der Waals surface area contributed by atoms with E-state index in [4.69, 9.17) is 10.00 Å². The van der Waals surface area contributed by atoms with Gasteiger partial charge in [-0.2, -0.15) is 5.26 Å². The van der Waals surface area contributed by atoms with Gasteiger partial charge in [-0.05, 0) is 6.92 Å². The molecule has 0 amide bonds. The van der Waals surface area contributed by atoms with E-state index in [-0.39, 0.29) is 5.92 Å². The van der Waals surface area contributed by atoms with Crippen molar-refractivity contribution in [3.8, 4) is 6.07 Å². The fourth-order valence-electron chi connectivity index (χ4n) is 1.08. The number of allylic oxidation sites excluding steroid dienone is 2. The van der Waals surface area contributed by atoms with Gasteiger partial charge in [0.2, 0.25) is 0 Å². The normalized spacial score (nSPS) is 35.2. The van der Waals surface area contributed by atoms with Crippen molar-refractivity contribution in [3.63, 3.8) is 0 Å². The van der Waals surface area contributed by atoms with Gasteiger partial charge in [0.15, 0.2) is 0 Å². The molecule has 0 radical (unpaired) electrons. The molecule has 2 unspecified atom stereocenters. The minimum absolute atomic E-state index is 0.169. The molecule has 2 heteroatoms. The van der Waals surface area contributed by atoms with E-state index in [0.717, 1.165) is 0 Å². The van der Waals surface area contributed by atoms with Crippen LogP contribution in [-0.4, -0.2) is 12.7 Å². The van der Waals surface area contributed by atoms with E-state index in [1.807, 2.05) is 31.2 Å². The van der Waals surface area contributed by atoms with E-state index in [1.165, 1.54) is 0 Å². The minimum Gasteiger partial charge on any atom is -0.373 e. The molecule has 0 bridgehead atoms. The Labute approximate surface area is 66.8 Å². The van der Waals surface area contributed by atoms with Crippen molar-refractivity contribution >= 4 is 0 Å². The second-order valence-electron chi connectivity index (χ2n) is 2.74. The van der Waals surface area contributed by atoms with Crippen LogP contribution in [0, 0.1) is 17.2 Å². The fraction of sp³-hybridized carbons (Fsp3) is 0.444. The van der Waals surface area contributed by atoms with Crippen molar-refractivity contribution in [2.75, 3.05) is 7.11 Å². The maximum Gasteiger partial charge on any atom is 0.103 e. The Morgan fingerprint density at radius 3 is 2.73 bits per heavy atom. The highest BCUT2D eigenvalue weighted by Gasteiger charge is 2.30. The monoisotopic (exact) mass is 149 g/mol. The lowest BCUT2D eigenvalue weighted by molar-refractivity contribution is 0.0288. The van der Waals surface area contributed by atoms with Crippen LogP contribution >= 0.6 is 0 Å². The van der Waals surface area contributed by atoms with Gasteiger partial charge < -0.3 is 4.74 Å². The van der Waals surface area contributed by atoms with Gasteiger partial charge >= 0.3 is 0 Å². The zero-order chi connectivity index (χ0) is 8.32. The smallest absolute Gasteiger partial charge is 0.103 e. The second-order valence-corrected chi connectivity index (χ2v) is 2.74. The fourth-order valence-corrected chi connectivity index (χ4v) is 1.08. The number of ether oxygens (including phenoxy) is 1. The van der Waals surface area contributed by atoms with Crippen LogP contribution in [0.4, 0.5) is 0 Å². The third-order valence-corrected chi connectivity index (χ3v) is 2.04. The Balaban J connectivity index is 2.88. The van der Waals surface area contributed by atoms with Gasteiger partial charge in [0, 0.05) is 7.11 Å². The molecule has 0 heterocycles. The Morgan fingerprint density at radius 1 is 1.55 bits per heavy atom. The lowest BCUT2D eigenvalue weighted by Crippen LogP contribution is -2.33. The van der Waals surface area contributed by atoms with E-state index in [2.05, 4.69) is 6.07 Å². The molecule has 0 spiro atoms. The zero-order valence-corrected chi connectivity index (χ0v) is 6.74. The van der Waals surface area contributed by atoms with Crippen molar-refractivity contribution in [2.45, 2.75) is 12.5 Å². The van der Waals surface area contributed by atoms with Gasteiger partial charge in [0.25, 0.3) is 0 Å². The Morgan fingerprint density at radius 2 is 2.27 bits per heavy atom. The third-order valence-electron chi connectivity index (χ3n) is 2.04. The molecule has 58 valence electrons. The lowest BCUT2D eigenvalue weighted by atomic mass is 9.86. The highest BCUT2D eigenvalue weighted by atomic mass is 16.5. The molecule has 0 saturated carbocycles. The summed E-state index contributed by atoms with van der Waals surface area (Å²) in [6.07, 6.45) is 7.52. The molecule has 0 aliphatic heterocycles. The average Bonchev–Trinajstić information content (AvgIpc) is 2.05. The maximum atomic E-state index is 8.74. The van der Waals surface area contributed by atoms with Crippen molar-refractivity contribution in [3.05, 3.63) is 24.3 Å². The summed E-state index contributed by atoms with van der Waals surface area (Å²) in [7, 11) is 1.62. The van der Waals surface area contributed by atoms with Gasteiger partial charge in [-0.25, -0.2) is 0 Å². The summed E-state index contributed by atoms with van der Waals surface area (Å²) in [5.74, 6) is -0.169. The molecular formula is C9H11NO. The lowest BCUT2D eigenvalue weighted by Gasteiger charge is -2.28. The van der Waals surface area contributed by atoms with Crippen LogP contribution in [-0.2, 0) is 4.74 Å². The molecule has 2 atom stereocenters. The van der Waals surface area contributed by atoms with Crippen LogP contribution in [0.25, 0.3) is 0 Å². The predicted octanol–water partition coefficient (Wildman–Crippen LogP) is 1.66. The molecular weight excluding hydrogens is 138 g/mol. The number of nitrogens with zero attached hydrogens (tertiary/aromatic N) is 1. The summed E-state index contributed by atoms with van der Waals surface area (Å²) in [5.41, 5.74) is -0.441. The van der Waals surface area contributed by atoms with Crippen LogP contribution < -0.4 is 0 Å². The first-order valence-corrected chi connectivity index (χ1v) is 3.54. The number of nitriles is 1. The maximum absolute atomic E-state index is 8.74. The van der Waals surface area contributed by atoms with Gasteiger partial charge in [-0.15, -0.1) is 0 Å². The molecule has 0 aromatic rings. The van der Waals surface area contributed by atoms with E-state index in [1.54, 1.807) is 7.11 Å². The summed E-state index contributed by atoms with van der Waals surface area (Å²) in [4.78, 5) is 0. The second kappa shape index (κ2) is 2.89. The summed E-state index contributed by atoms with van der Waals surface area (Å²) >= 11 is 0. The van der Waals surface area contributed by atoms with Gasteiger partial charge in [-0.3, -0.25) is 0 Å². The summed E-state index contributed by atoms with van der Waals surface area (Å²) in [6, 6.07) is 2.18. The van der Waals surface area contributed by atoms with Crippen LogP contribution in [0.1, 0.15) is 6.92 Å². The van der Waals surface area contributed by atoms with Crippen molar-refractivity contribution in [1.29, 1.82) is 5.26 Å². The van der Waals surface area contributed by atoms with Crippen LogP contribution in [0.15, 0.2) is 24.3 Å². The molecule has 0 fully saturated rings. The van der Waals surface area contributed by atoms with Gasteiger partial charge in [-0.1, -0.05) is 24.3 Å². The Hall–Kier alpha value is -1.07. The molecule has 0 aromatic carbocycles. The summed E-state index contributed by atoms with van der Waals surface area (Å²) in [6.45, 7) is 1.90. The summed E-state index contributed by atoms with van der Waals surface area (Å²) < 4.78 is 5.22. The summed E-state index contributed by atoms with van der Waals surface area (Å²) in [5, 5.41) is 8.74. The first-order chi connectivity index (χ1) is 5.23. The first-order valence-electron chi connectivity index (χ1n) is 3.54. The zero-order valence-electron chi connectivity index (χ0n) is 6.74. The Bertz CT molecular complexity index is 236. The van der Waals surface area contributed by atoms with Gasteiger partial charge in [0.05, 0.1) is 12.0 Å². The molecule has 0 saturated heterocycles. The highest BCUT2D eigenvalue weighted by molar-refractivity contribution is 5.25. The topological polar surface area (TPSA) is 33.0 Å². The predicted molar refractivity (Wildman–Crippen MR) is 42.8 cm³/mol. The number of rotatable bonds is 1. The standard InChI is InChI=1S/C9H11NO/c1-9(11-2)6-4-3-5-8(9)7-10/h3-6,8H,1-2H3. The molecule has 11 heavy (non-hydrogen) atoms. The van der Waals surface area contributed by atoms with Crippen molar-refractivity contribution in [2.24, 2.45) is 5.92 Å². The largest absolute Gasteiger partial charge is 0.373 e. The van der Waals surface area contributed by atoms with E-state index >= 15 is 0 Å². The molecule has 1 aliphatic carbocycles. The first kappa shape index (κ1) is 8.03. The quantitative estimate of drug-likeness (QED) is 0.568. The molecule has 1 aliphatic rings. The van der Waals surface area contributed by atoms with Gasteiger partial charge in [0.1, 0.15) is 5.60 Å². The van der Waals surface area contributed by atoms with Crippen LogP contribution in [0.5, 0.6) is 0 Å². The van der Waals surface area contributed by atoms with Crippen LogP contribution in [0.2, 0.25) is 0 Å². The van der Waals surface area contributed by atoms with E-state index in [9.17, 15) is 0 Å². The molecule has 0 aromatic heterocycles. The molecule has 0 N–H and O–H groups in total. The molecule has 2 nitrogen and oxygen atoms in total. The molecule has 1 rings (SSSR count). The third kappa shape index (κ3) is 1.33. The van der Waals surface area contributed by atoms with Crippen molar-refractivity contribution in [1.82, 2.24) is 0 Å². The average molecular weight is 149 g/mol. The Kier molecular flexibility index (Phi) is 2.11. The number of hydrogen-bond donors (Lipinski definition) is 0. The van der Waals surface area contributed by atoms with E-state index < -0.39 is 5.60 Å². The van der Waals surface area contributed by atoms with Crippen molar-refractivity contribution < 1.29 is 4.74 Å². The minimum atomic E-state index is -0.441. The van der Waals surface area contributed by atoms with Crippen LogP contribution in [0.3, 0.4) is 0 Å². The highest BCUT2D eigenvalue weighted by Crippen LogP contribution is 2.26. The number of hydrogen-bond acceptors (Lipinski definition) is 2. The number of methoxy groups -OCH3 is 1. The SMILES string of the molecule is COC1(C)C=CC=CC1C#N.